The summed E-state index contributed by atoms with van der Waals surface area (Å²) in [7, 11) is 0. The lowest BCUT2D eigenvalue weighted by molar-refractivity contribution is 1.05. The van der Waals surface area contributed by atoms with Crippen molar-refractivity contribution in [2.75, 3.05) is 6.67 Å². The molecule has 0 amide bonds. The number of rotatable bonds is 0. The highest BCUT2D eigenvalue weighted by atomic mass is 15.5. The zero-order valence-electron chi connectivity index (χ0n) is 4.44. The standard InChI is InChI=1S/C2H3N.CH2N4/c1-2-3;1-2-4-5-3-1/h1H3;1H2. The van der Waals surface area contributed by atoms with E-state index in [4.69, 9.17) is 5.26 Å². The average Bonchev–Trinajstić information content (AvgIpc) is 2.17. The van der Waals surface area contributed by atoms with Crippen molar-refractivity contribution in [2.24, 2.45) is 20.7 Å². The zero-order valence-corrected chi connectivity index (χ0v) is 4.44. The van der Waals surface area contributed by atoms with E-state index < -0.39 is 0 Å². The van der Waals surface area contributed by atoms with Crippen LogP contribution in [0.2, 0.25) is 0 Å². The number of hydrogen-bond acceptors (Lipinski definition) is 5. The van der Waals surface area contributed by atoms with E-state index >= 15 is 0 Å². The Morgan fingerprint density at radius 1 is 1.38 bits per heavy atom. The first kappa shape index (κ1) is 6.69. The number of hydrogen-bond donors (Lipinski definition) is 0. The first-order chi connectivity index (χ1) is 3.91. The largest absolute Gasteiger partial charge is 0.199 e. The quantitative estimate of drug-likeness (QED) is 0.464. The van der Waals surface area contributed by atoms with Crippen LogP contribution in [0.1, 0.15) is 6.92 Å². The maximum absolute atomic E-state index is 7.32. The molecule has 0 bridgehead atoms. The first-order valence-electron chi connectivity index (χ1n) is 1.96. The monoisotopic (exact) mass is 111 g/mol. The van der Waals surface area contributed by atoms with E-state index in [1.165, 1.54) is 6.92 Å². The van der Waals surface area contributed by atoms with Crippen molar-refractivity contribution in [3.63, 3.8) is 0 Å². The first-order valence-corrected chi connectivity index (χ1v) is 1.96. The highest BCUT2D eigenvalue weighted by Gasteiger charge is 1.76. The molecule has 0 spiro atoms. The topological polar surface area (TPSA) is 73.2 Å². The van der Waals surface area contributed by atoms with Gasteiger partial charge < -0.3 is 0 Å². The number of nitrogens with zero attached hydrogens (tertiary/aromatic N) is 5. The summed E-state index contributed by atoms with van der Waals surface area (Å²) >= 11 is 0. The molecule has 0 saturated carbocycles. The Bertz CT molecular complexity index is 119. The maximum Gasteiger partial charge on any atom is 0.175 e. The molecule has 1 aliphatic rings. The highest BCUT2D eigenvalue weighted by molar-refractivity contribution is 4.51. The van der Waals surface area contributed by atoms with Gasteiger partial charge in [-0.05, 0) is 10.4 Å². The molecule has 0 aromatic carbocycles. The van der Waals surface area contributed by atoms with Gasteiger partial charge in [0.25, 0.3) is 0 Å². The van der Waals surface area contributed by atoms with E-state index in [1.54, 1.807) is 6.07 Å². The van der Waals surface area contributed by atoms with Crippen LogP contribution in [0.15, 0.2) is 20.7 Å². The van der Waals surface area contributed by atoms with Crippen LogP contribution in [0.4, 0.5) is 0 Å². The van der Waals surface area contributed by atoms with Crippen molar-refractivity contribution in [2.45, 2.75) is 6.92 Å². The van der Waals surface area contributed by atoms with Crippen molar-refractivity contribution >= 4 is 0 Å². The summed E-state index contributed by atoms with van der Waals surface area (Å²) in [5, 5.41) is 20.4. The normalized spacial score (nSPS) is 12.0. The predicted molar refractivity (Wildman–Crippen MR) is 25.9 cm³/mol. The SMILES string of the molecule is C1N=NN=N1.CC#N. The molecule has 0 radical (unpaired) electrons. The third kappa shape index (κ3) is 4.69. The molecule has 1 heterocycles. The minimum Gasteiger partial charge on any atom is -0.199 e. The lowest BCUT2D eigenvalue weighted by Gasteiger charge is -1.52. The third-order valence-electron chi connectivity index (χ3n) is 0.293. The summed E-state index contributed by atoms with van der Waals surface area (Å²) in [5.41, 5.74) is 0. The molecule has 0 fully saturated rings. The van der Waals surface area contributed by atoms with Crippen LogP contribution in [-0.4, -0.2) is 6.67 Å². The number of nitriles is 1. The van der Waals surface area contributed by atoms with E-state index in [0.717, 1.165) is 0 Å². The fraction of sp³-hybridized carbons (Fsp3) is 0.667. The minimum absolute atomic E-state index is 0.417. The Labute approximate surface area is 46.7 Å². The van der Waals surface area contributed by atoms with E-state index in [-0.39, 0.29) is 0 Å². The molecule has 0 saturated heterocycles. The van der Waals surface area contributed by atoms with E-state index in [2.05, 4.69) is 20.7 Å². The van der Waals surface area contributed by atoms with Gasteiger partial charge >= 0.3 is 0 Å². The van der Waals surface area contributed by atoms with Crippen LogP contribution in [0.25, 0.3) is 0 Å². The van der Waals surface area contributed by atoms with E-state index in [0.29, 0.717) is 6.67 Å². The molecule has 1 aliphatic heterocycles. The van der Waals surface area contributed by atoms with Crippen LogP contribution >= 0.6 is 0 Å². The van der Waals surface area contributed by atoms with Gasteiger partial charge in [-0.15, -0.1) is 10.2 Å². The van der Waals surface area contributed by atoms with Gasteiger partial charge in [0.05, 0.1) is 6.07 Å². The van der Waals surface area contributed by atoms with E-state index in [1.807, 2.05) is 0 Å². The summed E-state index contributed by atoms with van der Waals surface area (Å²) in [6.07, 6.45) is 0. The van der Waals surface area contributed by atoms with Gasteiger partial charge in [-0.2, -0.15) is 5.26 Å². The summed E-state index contributed by atoms with van der Waals surface area (Å²) in [6, 6.07) is 1.75. The van der Waals surface area contributed by atoms with Gasteiger partial charge in [0.1, 0.15) is 0 Å². The van der Waals surface area contributed by atoms with Crippen LogP contribution in [0, 0.1) is 11.3 Å². The van der Waals surface area contributed by atoms with Crippen LogP contribution in [0.5, 0.6) is 0 Å². The van der Waals surface area contributed by atoms with Crippen molar-refractivity contribution in [3.8, 4) is 6.07 Å². The summed E-state index contributed by atoms with van der Waals surface area (Å²) < 4.78 is 0. The third-order valence-corrected chi connectivity index (χ3v) is 0.293. The second kappa shape index (κ2) is 5.69. The Morgan fingerprint density at radius 3 is 1.88 bits per heavy atom. The molecule has 0 aromatic heterocycles. The van der Waals surface area contributed by atoms with Crippen molar-refractivity contribution in [1.29, 1.82) is 5.26 Å². The van der Waals surface area contributed by atoms with Crippen LogP contribution in [-0.2, 0) is 0 Å². The molecule has 42 valence electrons. The van der Waals surface area contributed by atoms with Crippen molar-refractivity contribution in [3.05, 3.63) is 0 Å². The fourth-order valence-corrected chi connectivity index (χ4v) is 0.141. The molecule has 5 nitrogen and oxygen atoms in total. The van der Waals surface area contributed by atoms with Gasteiger partial charge in [-0.25, -0.2) is 0 Å². The zero-order chi connectivity index (χ0) is 6.24. The van der Waals surface area contributed by atoms with Gasteiger partial charge in [0.2, 0.25) is 0 Å². The average molecular weight is 111 g/mol. The summed E-state index contributed by atoms with van der Waals surface area (Å²) in [4.78, 5) is 0. The van der Waals surface area contributed by atoms with E-state index in [9.17, 15) is 0 Å². The molecular weight excluding hydrogens is 106 g/mol. The molecular formula is C3H5N5. The van der Waals surface area contributed by atoms with Gasteiger partial charge in [0, 0.05) is 6.92 Å². The molecule has 0 N–H and O–H groups in total. The van der Waals surface area contributed by atoms with Crippen molar-refractivity contribution in [1.82, 2.24) is 0 Å². The smallest absolute Gasteiger partial charge is 0.175 e. The lowest BCUT2D eigenvalue weighted by Crippen LogP contribution is -1.52. The highest BCUT2D eigenvalue weighted by Crippen LogP contribution is 1.87. The minimum atomic E-state index is 0.417. The Hall–Kier alpha value is -1.31. The molecule has 1 rings (SSSR count). The second-order valence-electron chi connectivity index (χ2n) is 0.827. The lowest BCUT2D eigenvalue weighted by atomic mass is 11.0. The second-order valence-corrected chi connectivity index (χ2v) is 0.827. The summed E-state index contributed by atoms with van der Waals surface area (Å²) in [5.74, 6) is 0. The Balaban J connectivity index is 0.000000145. The van der Waals surface area contributed by atoms with Gasteiger partial charge in [-0.3, -0.25) is 0 Å². The molecule has 0 aromatic rings. The van der Waals surface area contributed by atoms with Crippen LogP contribution in [0.3, 0.4) is 0 Å². The Morgan fingerprint density at radius 2 is 1.75 bits per heavy atom. The van der Waals surface area contributed by atoms with Gasteiger partial charge in [0.15, 0.2) is 6.67 Å². The maximum atomic E-state index is 7.32. The molecule has 8 heavy (non-hydrogen) atoms. The molecule has 0 unspecified atom stereocenters. The van der Waals surface area contributed by atoms with Crippen LogP contribution < -0.4 is 0 Å². The summed E-state index contributed by atoms with van der Waals surface area (Å²) in [6.45, 7) is 1.85. The Kier molecular flexibility index (Phi) is 4.76. The van der Waals surface area contributed by atoms with Gasteiger partial charge in [-0.1, -0.05) is 0 Å². The van der Waals surface area contributed by atoms with Crippen molar-refractivity contribution < 1.29 is 0 Å². The molecule has 0 atom stereocenters. The molecule has 0 aliphatic carbocycles. The molecule has 5 heteroatoms. The predicted octanol–water partition coefficient (Wildman–Crippen LogP) is 1.31. The fourth-order valence-electron chi connectivity index (χ4n) is 0.141.